The van der Waals surface area contributed by atoms with E-state index < -0.39 is 33.2 Å². The van der Waals surface area contributed by atoms with Crippen LogP contribution in [0, 0.1) is 0 Å². The lowest BCUT2D eigenvalue weighted by Gasteiger charge is -2.25. The number of aryl methyl sites for hydroxylation is 1. The zero-order chi connectivity index (χ0) is 23.9. The second kappa shape index (κ2) is 8.60. The van der Waals surface area contributed by atoms with Gasteiger partial charge in [-0.15, -0.1) is 0 Å². The Morgan fingerprint density at radius 2 is 1.67 bits per heavy atom. The predicted octanol–water partition coefficient (Wildman–Crippen LogP) is 0.808. The van der Waals surface area contributed by atoms with Crippen molar-refractivity contribution < 1.29 is 13.2 Å². The molecule has 1 atom stereocenters. The summed E-state index contributed by atoms with van der Waals surface area (Å²) in [7, 11) is -0.684. The minimum Gasteiger partial charge on any atom is -0.324 e. The van der Waals surface area contributed by atoms with Crippen LogP contribution >= 0.6 is 0 Å². The highest BCUT2D eigenvalue weighted by atomic mass is 32.2. The first-order chi connectivity index (χ1) is 15.6. The van der Waals surface area contributed by atoms with Gasteiger partial charge in [0, 0.05) is 32.9 Å². The molecule has 3 heterocycles. The highest BCUT2D eigenvalue weighted by Gasteiger charge is 2.26. The maximum Gasteiger partial charge on any atom is 0.332 e. The number of benzene rings is 1. The molecule has 4 rings (SSSR count). The standard InChI is InChI=1S/C21H26N6O5S/c1-14(27-13-22-18-17(27)20(29)25(3)21(30)24(18)2)19(28)23-15-7-9-16(10-8-15)33(31,32)26-11-5-4-6-12-26/h7-10,13-14H,4-6,11-12H2,1-3H3,(H,23,28). The largest absolute Gasteiger partial charge is 0.332 e. The maximum atomic E-state index is 12.9. The number of aromatic nitrogens is 4. The van der Waals surface area contributed by atoms with Crippen molar-refractivity contribution in [2.45, 2.75) is 37.1 Å². The van der Waals surface area contributed by atoms with E-state index in [-0.39, 0.29) is 16.1 Å². The summed E-state index contributed by atoms with van der Waals surface area (Å²) in [5.41, 5.74) is -0.290. The third kappa shape index (κ3) is 4.00. The quantitative estimate of drug-likeness (QED) is 0.583. The predicted molar refractivity (Wildman–Crippen MR) is 123 cm³/mol. The van der Waals surface area contributed by atoms with Gasteiger partial charge in [-0.2, -0.15) is 4.31 Å². The molecule has 11 nitrogen and oxygen atoms in total. The van der Waals surface area contributed by atoms with Crippen LogP contribution in [0.2, 0.25) is 0 Å². The van der Waals surface area contributed by atoms with E-state index in [4.69, 9.17) is 0 Å². The molecule has 1 N–H and O–H groups in total. The highest BCUT2D eigenvalue weighted by molar-refractivity contribution is 7.89. The molecular weight excluding hydrogens is 448 g/mol. The molecule has 1 fully saturated rings. The molecular formula is C21H26N6O5S. The van der Waals surface area contributed by atoms with Gasteiger partial charge >= 0.3 is 5.69 Å². The summed E-state index contributed by atoms with van der Waals surface area (Å²) in [6.45, 7) is 2.64. The Kier molecular flexibility index (Phi) is 5.97. The first kappa shape index (κ1) is 22.9. The van der Waals surface area contributed by atoms with E-state index in [0.717, 1.165) is 23.8 Å². The number of carbonyl (C=O) groups excluding carboxylic acids is 1. The molecule has 1 unspecified atom stereocenters. The van der Waals surface area contributed by atoms with Crippen molar-refractivity contribution in [3.63, 3.8) is 0 Å². The van der Waals surface area contributed by atoms with Crippen molar-refractivity contribution in [1.82, 2.24) is 23.0 Å². The summed E-state index contributed by atoms with van der Waals surface area (Å²) >= 11 is 0. The number of nitrogens with zero attached hydrogens (tertiary/aromatic N) is 5. The molecule has 12 heteroatoms. The number of hydrogen-bond acceptors (Lipinski definition) is 6. The second-order valence-electron chi connectivity index (χ2n) is 8.18. The molecule has 0 saturated carbocycles. The number of anilines is 1. The molecule has 0 radical (unpaired) electrons. The van der Waals surface area contributed by atoms with Gasteiger partial charge in [-0.3, -0.25) is 18.7 Å². The van der Waals surface area contributed by atoms with Crippen LogP contribution in [0.15, 0.2) is 45.1 Å². The number of carbonyl (C=O) groups is 1. The summed E-state index contributed by atoms with van der Waals surface area (Å²) < 4.78 is 30.7. The van der Waals surface area contributed by atoms with E-state index in [1.165, 1.54) is 58.1 Å². The van der Waals surface area contributed by atoms with Gasteiger partial charge in [-0.25, -0.2) is 18.2 Å². The molecule has 1 aliphatic rings. The Morgan fingerprint density at radius 3 is 2.30 bits per heavy atom. The zero-order valence-electron chi connectivity index (χ0n) is 18.7. The summed E-state index contributed by atoms with van der Waals surface area (Å²) in [6.07, 6.45) is 4.09. The van der Waals surface area contributed by atoms with Crippen molar-refractivity contribution in [2.75, 3.05) is 18.4 Å². The van der Waals surface area contributed by atoms with E-state index in [0.29, 0.717) is 18.8 Å². The van der Waals surface area contributed by atoms with Gasteiger partial charge in [0.25, 0.3) is 5.56 Å². The van der Waals surface area contributed by atoms with Gasteiger partial charge in [-0.1, -0.05) is 6.42 Å². The molecule has 1 amide bonds. The van der Waals surface area contributed by atoms with Crippen LogP contribution in [-0.2, 0) is 28.9 Å². The topological polar surface area (TPSA) is 128 Å². The van der Waals surface area contributed by atoms with E-state index in [9.17, 15) is 22.8 Å². The van der Waals surface area contributed by atoms with Crippen LogP contribution in [0.1, 0.15) is 32.2 Å². The average molecular weight is 475 g/mol. The number of imidazole rings is 1. The molecule has 0 aliphatic carbocycles. The Hall–Kier alpha value is -3.25. The van der Waals surface area contributed by atoms with Gasteiger partial charge in [0.2, 0.25) is 15.9 Å². The fourth-order valence-corrected chi connectivity index (χ4v) is 5.51. The van der Waals surface area contributed by atoms with Crippen molar-refractivity contribution in [2.24, 2.45) is 14.1 Å². The van der Waals surface area contributed by atoms with E-state index in [1.807, 2.05) is 0 Å². The lowest BCUT2D eigenvalue weighted by atomic mass is 10.2. The number of piperidine rings is 1. The first-order valence-corrected chi connectivity index (χ1v) is 12.1. The van der Waals surface area contributed by atoms with E-state index in [1.54, 1.807) is 6.92 Å². The molecule has 2 aromatic heterocycles. The maximum absolute atomic E-state index is 12.9. The monoisotopic (exact) mass is 474 g/mol. The third-order valence-corrected chi connectivity index (χ3v) is 7.96. The summed E-state index contributed by atoms with van der Waals surface area (Å²) in [4.78, 5) is 41.9. The number of nitrogens with one attached hydrogen (secondary N) is 1. The number of rotatable bonds is 5. The van der Waals surface area contributed by atoms with Crippen LogP contribution in [-0.4, -0.2) is 50.4 Å². The van der Waals surface area contributed by atoms with E-state index >= 15 is 0 Å². The number of sulfonamides is 1. The smallest absolute Gasteiger partial charge is 0.324 e. The van der Waals surface area contributed by atoms with Crippen LogP contribution in [0.4, 0.5) is 5.69 Å². The summed E-state index contributed by atoms with van der Waals surface area (Å²) in [5.74, 6) is -0.420. The third-order valence-electron chi connectivity index (χ3n) is 6.04. The lowest BCUT2D eigenvalue weighted by Crippen LogP contribution is -2.38. The average Bonchev–Trinajstić information content (AvgIpc) is 3.27. The number of fused-ring (bicyclic) bond motifs is 1. The Bertz CT molecular complexity index is 1430. The molecule has 0 bridgehead atoms. The van der Waals surface area contributed by atoms with Gasteiger partial charge in [0.05, 0.1) is 11.2 Å². The molecule has 1 aromatic carbocycles. The number of amides is 1. The Morgan fingerprint density at radius 1 is 1.03 bits per heavy atom. The Balaban J connectivity index is 1.56. The normalized spacial score (nSPS) is 16.1. The van der Waals surface area contributed by atoms with Crippen molar-refractivity contribution >= 4 is 32.8 Å². The van der Waals surface area contributed by atoms with Crippen molar-refractivity contribution in [3.05, 3.63) is 51.4 Å². The minimum absolute atomic E-state index is 0.144. The zero-order valence-corrected chi connectivity index (χ0v) is 19.5. The minimum atomic E-state index is -3.56. The van der Waals surface area contributed by atoms with Gasteiger partial charge in [0.1, 0.15) is 6.04 Å². The molecule has 33 heavy (non-hydrogen) atoms. The van der Waals surface area contributed by atoms with E-state index in [2.05, 4.69) is 10.3 Å². The molecule has 176 valence electrons. The summed E-state index contributed by atoms with van der Waals surface area (Å²) in [6, 6.07) is 5.22. The fraction of sp³-hybridized carbons (Fsp3) is 0.429. The Labute approximate surface area is 190 Å². The van der Waals surface area contributed by atoms with Crippen molar-refractivity contribution in [1.29, 1.82) is 0 Å². The molecule has 0 spiro atoms. The lowest BCUT2D eigenvalue weighted by molar-refractivity contribution is -0.118. The van der Waals surface area contributed by atoms with Crippen molar-refractivity contribution in [3.8, 4) is 0 Å². The fourth-order valence-electron chi connectivity index (χ4n) is 4.00. The van der Waals surface area contributed by atoms with Gasteiger partial charge in [-0.05, 0) is 44.0 Å². The molecule has 1 aliphatic heterocycles. The van der Waals surface area contributed by atoms with Crippen LogP contribution < -0.4 is 16.6 Å². The molecule has 3 aromatic rings. The number of hydrogen-bond donors (Lipinski definition) is 1. The second-order valence-corrected chi connectivity index (χ2v) is 10.1. The van der Waals surface area contributed by atoms with Gasteiger partial charge < -0.3 is 9.88 Å². The van der Waals surface area contributed by atoms with Crippen LogP contribution in [0.5, 0.6) is 0 Å². The SMILES string of the molecule is CC(C(=O)Nc1ccc(S(=O)(=O)N2CCCCC2)cc1)n1cnc2c1c(=O)n(C)c(=O)n2C. The first-order valence-electron chi connectivity index (χ1n) is 10.7. The summed E-state index contributed by atoms with van der Waals surface area (Å²) in [5, 5.41) is 2.74. The van der Waals surface area contributed by atoms with Gasteiger partial charge in [0.15, 0.2) is 11.2 Å². The van der Waals surface area contributed by atoms with Crippen LogP contribution in [0.25, 0.3) is 11.2 Å². The molecule has 1 saturated heterocycles. The highest BCUT2D eigenvalue weighted by Crippen LogP contribution is 2.23. The van der Waals surface area contributed by atoms with Crippen LogP contribution in [0.3, 0.4) is 0 Å².